The van der Waals surface area contributed by atoms with Crippen molar-refractivity contribution in [2.24, 2.45) is 7.05 Å². The minimum Gasteiger partial charge on any atom is -0.481 e. The zero-order chi connectivity index (χ0) is 17.3. The van der Waals surface area contributed by atoms with Crippen molar-refractivity contribution < 1.29 is 9.53 Å². The van der Waals surface area contributed by atoms with E-state index >= 15 is 0 Å². The minimum atomic E-state index is -0.122. The van der Waals surface area contributed by atoms with E-state index in [9.17, 15) is 4.79 Å². The number of ether oxygens (including phenoxy) is 1. The number of carbonyl (C=O) groups excluding carboxylic acids is 1. The topological polar surface area (TPSA) is 74.0 Å². The van der Waals surface area contributed by atoms with Gasteiger partial charge >= 0.3 is 0 Å². The van der Waals surface area contributed by atoms with Crippen LogP contribution in [0, 0.1) is 13.8 Å². The summed E-state index contributed by atoms with van der Waals surface area (Å²) in [6.07, 6.45) is 0. The molecule has 24 heavy (non-hydrogen) atoms. The van der Waals surface area contributed by atoms with Gasteiger partial charge in [-0.1, -0.05) is 0 Å². The predicted molar refractivity (Wildman–Crippen MR) is 91.3 cm³/mol. The molecular weight excluding hydrogens is 306 g/mol. The third kappa shape index (κ3) is 2.97. The average Bonchev–Trinajstić information content (AvgIpc) is 3.04. The Kier molecular flexibility index (Phi) is 4.24. The fraction of sp³-hybridized carbons (Fsp3) is 0.353. The first-order valence-corrected chi connectivity index (χ1v) is 7.79. The van der Waals surface area contributed by atoms with E-state index in [1.54, 1.807) is 23.9 Å². The molecule has 0 atom stereocenters. The second kappa shape index (κ2) is 6.35. The Morgan fingerprint density at radius 2 is 2.04 bits per heavy atom. The van der Waals surface area contributed by atoms with Crippen LogP contribution < -0.4 is 10.1 Å². The van der Waals surface area contributed by atoms with Crippen LogP contribution in [-0.4, -0.2) is 39.1 Å². The number of nitrogens with one attached hydrogen (secondary N) is 1. The second-order valence-corrected chi connectivity index (χ2v) is 5.77. The standard InChI is InChI=1S/C17H21N5O2/c1-11-9-12(2)22(19-11)8-7-18-16(23)13-5-6-14-15(10-13)20-21(3)17(14)24-4/h5-6,9-10H,7-8H2,1-4H3,(H,18,23). The van der Waals surface area contributed by atoms with Gasteiger partial charge in [0.1, 0.15) is 0 Å². The number of aromatic nitrogens is 4. The van der Waals surface area contributed by atoms with Gasteiger partial charge in [0.25, 0.3) is 5.91 Å². The monoisotopic (exact) mass is 327 g/mol. The molecule has 0 spiro atoms. The van der Waals surface area contributed by atoms with Gasteiger partial charge < -0.3 is 10.1 Å². The Labute approximate surface area is 140 Å². The smallest absolute Gasteiger partial charge is 0.251 e. The van der Waals surface area contributed by atoms with Crippen LogP contribution in [0.5, 0.6) is 5.88 Å². The summed E-state index contributed by atoms with van der Waals surface area (Å²) in [5, 5.41) is 12.6. The van der Waals surface area contributed by atoms with Crippen molar-refractivity contribution >= 4 is 16.8 Å². The Balaban J connectivity index is 1.68. The highest BCUT2D eigenvalue weighted by atomic mass is 16.5. The Hall–Kier alpha value is -2.83. The number of benzene rings is 1. The van der Waals surface area contributed by atoms with Crippen molar-refractivity contribution in [3.05, 3.63) is 41.2 Å². The lowest BCUT2D eigenvalue weighted by Gasteiger charge is -2.07. The highest BCUT2D eigenvalue weighted by Gasteiger charge is 2.12. The number of rotatable bonds is 5. The van der Waals surface area contributed by atoms with Crippen molar-refractivity contribution in [1.82, 2.24) is 24.9 Å². The number of aryl methyl sites for hydroxylation is 3. The SMILES string of the molecule is COc1c2ccc(C(=O)NCCn3nc(C)cc3C)cc2nn1C. The lowest BCUT2D eigenvalue weighted by atomic mass is 10.1. The molecular formula is C17H21N5O2. The first-order valence-electron chi connectivity index (χ1n) is 7.79. The van der Waals surface area contributed by atoms with Gasteiger partial charge in [-0.15, -0.1) is 0 Å². The number of carbonyl (C=O) groups is 1. The van der Waals surface area contributed by atoms with Gasteiger partial charge in [0, 0.05) is 24.8 Å². The van der Waals surface area contributed by atoms with E-state index in [1.165, 1.54) is 0 Å². The molecule has 0 saturated carbocycles. The van der Waals surface area contributed by atoms with Gasteiger partial charge in [0.05, 0.1) is 30.3 Å². The van der Waals surface area contributed by atoms with E-state index in [4.69, 9.17) is 4.74 Å². The molecule has 1 aromatic carbocycles. The molecule has 7 heteroatoms. The van der Waals surface area contributed by atoms with Crippen molar-refractivity contribution in [1.29, 1.82) is 0 Å². The fourth-order valence-corrected chi connectivity index (χ4v) is 2.84. The summed E-state index contributed by atoms with van der Waals surface area (Å²) in [5.41, 5.74) is 3.38. The molecule has 3 aromatic rings. The summed E-state index contributed by atoms with van der Waals surface area (Å²) in [4.78, 5) is 12.3. The van der Waals surface area contributed by atoms with E-state index in [1.807, 2.05) is 37.7 Å². The lowest BCUT2D eigenvalue weighted by Crippen LogP contribution is -2.27. The molecule has 7 nitrogen and oxygen atoms in total. The summed E-state index contributed by atoms with van der Waals surface area (Å²) in [6.45, 7) is 5.12. The van der Waals surface area contributed by atoms with E-state index in [-0.39, 0.29) is 5.91 Å². The average molecular weight is 327 g/mol. The number of hydrogen-bond acceptors (Lipinski definition) is 4. The zero-order valence-electron chi connectivity index (χ0n) is 14.3. The number of methoxy groups -OCH3 is 1. The molecule has 2 heterocycles. The third-order valence-corrected chi connectivity index (χ3v) is 3.95. The highest BCUT2D eigenvalue weighted by molar-refractivity contribution is 5.98. The van der Waals surface area contributed by atoms with Gasteiger partial charge in [-0.05, 0) is 38.1 Å². The van der Waals surface area contributed by atoms with Crippen LogP contribution in [-0.2, 0) is 13.6 Å². The maximum atomic E-state index is 12.3. The van der Waals surface area contributed by atoms with E-state index in [0.717, 1.165) is 22.3 Å². The molecule has 0 fully saturated rings. The van der Waals surface area contributed by atoms with Crippen molar-refractivity contribution in [2.75, 3.05) is 13.7 Å². The molecule has 0 radical (unpaired) electrons. The molecule has 0 aliphatic heterocycles. The van der Waals surface area contributed by atoms with Crippen molar-refractivity contribution in [3.8, 4) is 5.88 Å². The molecule has 126 valence electrons. The molecule has 0 saturated heterocycles. The van der Waals surface area contributed by atoms with Crippen LogP contribution in [0.25, 0.3) is 10.9 Å². The Morgan fingerprint density at radius 3 is 2.71 bits per heavy atom. The Morgan fingerprint density at radius 1 is 1.25 bits per heavy atom. The summed E-state index contributed by atoms with van der Waals surface area (Å²) >= 11 is 0. The Bertz CT molecular complexity index is 894. The molecule has 1 N–H and O–H groups in total. The van der Waals surface area contributed by atoms with Crippen LogP contribution in [0.1, 0.15) is 21.7 Å². The first kappa shape index (κ1) is 16.0. The second-order valence-electron chi connectivity index (χ2n) is 5.77. The summed E-state index contributed by atoms with van der Waals surface area (Å²) in [7, 11) is 3.42. The molecule has 0 aliphatic rings. The van der Waals surface area contributed by atoms with Crippen LogP contribution in [0.15, 0.2) is 24.3 Å². The van der Waals surface area contributed by atoms with Gasteiger partial charge in [-0.3, -0.25) is 9.48 Å². The van der Waals surface area contributed by atoms with E-state index in [2.05, 4.69) is 15.5 Å². The number of hydrogen-bond donors (Lipinski definition) is 1. The zero-order valence-corrected chi connectivity index (χ0v) is 14.3. The van der Waals surface area contributed by atoms with Gasteiger partial charge in [0.15, 0.2) is 0 Å². The fourth-order valence-electron chi connectivity index (χ4n) is 2.84. The van der Waals surface area contributed by atoms with Gasteiger partial charge in [-0.2, -0.15) is 10.2 Å². The minimum absolute atomic E-state index is 0.122. The molecule has 0 unspecified atom stereocenters. The number of amides is 1. The van der Waals surface area contributed by atoms with E-state index in [0.29, 0.717) is 24.5 Å². The largest absolute Gasteiger partial charge is 0.481 e. The molecule has 1 amide bonds. The van der Waals surface area contributed by atoms with Crippen LogP contribution >= 0.6 is 0 Å². The predicted octanol–water partition coefficient (Wildman–Crippen LogP) is 1.83. The molecule has 0 bridgehead atoms. The molecule has 2 aromatic heterocycles. The van der Waals surface area contributed by atoms with Gasteiger partial charge in [0.2, 0.25) is 5.88 Å². The normalized spacial score (nSPS) is 11.0. The van der Waals surface area contributed by atoms with Gasteiger partial charge in [-0.25, -0.2) is 4.68 Å². The lowest BCUT2D eigenvalue weighted by molar-refractivity contribution is 0.0952. The van der Waals surface area contributed by atoms with Crippen molar-refractivity contribution in [2.45, 2.75) is 20.4 Å². The maximum Gasteiger partial charge on any atom is 0.251 e. The van der Waals surface area contributed by atoms with Crippen LogP contribution in [0.4, 0.5) is 0 Å². The number of fused-ring (bicyclic) bond motifs is 1. The maximum absolute atomic E-state index is 12.3. The van der Waals surface area contributed by atoms with Crippen LogP contribution in [0.2, 0.25) is 0 Å². The van der Waals surface area contributed by atoms with E-state index < -0.39 is 0 Å². The highest BCUT2D eigenvalue weighted by Crippen LogP contribution is 2.25. The molecule has 3 rings (SSSR count). The van der Waals surface area contributed by atoms with Crippen molar-refractivity contribution in [3.63, 3.8) is 0 Å². The van der Waals surface area contributed by atoms with Crippen LogP contribution in [0.3, 0.4) is 0 Å². The summed E-state index contributed by atoms with van der Waals surface area (Å²) < 4.78 is 8.87. The first-order chi connectivity index (χ1) is 11.5. The third-order valence-electron chi connectivity index (χ3n) is 3.95. The number of nitrogens with zero attached hydrogens (tertiary/aromatic N) is 4. The summed E-state index contributed by atoms with van der Waals surface area (Å²) in [6, 6.07) is 7.43. The molecule has 0 aliphatic carbocycles. The quantitative estimate of drug-likeness (QED) is 0.776. The summed E-state index contributed by atoms with van der Waals surface area (Å²) in [5.74, 6) is 0.560.